The highest BCUT2D eigenvalue weighted by Crippen LogP contribution is 2.64. The molecule has 0 N–H and O–H groups in total. The molecule has 0 aliphatic carbocycles. The van der Waals surface area contributed by atoms with Gasteiger partial charge in [-0.3, -0.25) is 4.79 Å². The van der Waals surface area contributed by atoms with Crippen LogP contribution in [-0.2, 0) is 21.0 Å². The molecule has 1 fully saturated rings. The van der Waals surface area contributed by atoms with E-state index < -0.39 is 57.1 Å². The Balaban J connectivity index is 0.000000359. The summed E-state index contributed by atoms with van der Waals surface area (Å²) in [5.41, 5.74) is 0.910. The molecule has 2 aromatic rings. The van der Waals surface area contributed by atoms with Gasteiger partial charge >= 0.3 is 47.0 Å². The average molecular weight is 756 g/mol. The minimum atomic E-state index is -8.92. The Bertz CT molecular complexity index is 1540. The molecule has 0 atom stereocenters. The Labute approximate surface area is 255 Å². The van der Waals surface area contributed by atoms with Crippen LogP contribution in [0.3, 0.4) is 0 Å². The standard InChI is InChI=1S/C16H17OS.C8HF17O3S/c17-16(12-18-10-3-4-11-18)15-9-5-7-13-6-1-2-8-14(13)15;9-1(10,3(13,14)5(17,18)7(21,22)23)2(11,12)4(15,16)6(19,20)8(24,25)29(26,27)28/h1-2,5-9H,3-4,10-12H2;(H,26,27,28)/q+1;/p-1. The molecule has 0 aromatic heterocycles. The van der Waals surface area contributed by atoms with Crippen LogP contribution >= 0.6 is 0 Å². The molecule has 3 rings (SSSR count). The Morgan fingerprint density at radius 3 is 1.47 bits per heavy atom. The average Bonchev–Trinajstić information content (AvgIpc) is 3.44. The molecule has 0 amide bonds. The highest BCUT2D eigenvalue weighted by atomic mass is 32.2. The third kappa shape index (κ3) is 6.71. The van der Waals surface area contributed by atoms with Crippen molar-refractivity contribution in [3.8, 4) is 0 Å². The quantitative estimate of drug-likeness (QED) is 0.107. The van der Waals surface area contributed by atoms with Crippen molar-refractivity contribution in [2.45, 2.75) is 59.8 Å². The van der Waals surface area contributed by atoms with E-state index in [9.17, 15) is 92.4 Å². The molecular formula is C24H17F17O4S2. The second kappa shape index (κ2) is 12.7. The van der Waals surface area contributed by atoms with Crippen molar-refractivity contribution >= 4 is 37.6 Å². The van der Waals surface area contributed by atoms with Gasteiger partial charge in [0, 0.05) is 5.56 Å². The Hall–Kier alpha value is -2.56. The first kappa shape index (κ1) is 40.6. The van der Waals surface area contributed by atoms with Crippen LogP contribution in [0.5, 0.6) is 0 Å². The molecular weight excluding hydrogens is 739 g/mol. The Morgan fingerprint density at radius 1 is 0.617 bits per heavy atom. The van der Waals surface area contributed by atoms with Gasteiger partial charge in [0.25, 0.3) is 0 Å². The fraction of sp³-hybridized carbons (Fsp3) is 0.542. The number of carbonyl (C=O) groups is 1. The van der Waals surface area contributed by atoms with Crippen LogP contribution in [0.1, 0.15) is 23.2 Å². The van der Waals surface area contributed by atoms with E-state index in [-0.39, 0.29) is 0 Å². The van der Waals surface area contributed by atoms with Gasteiger partial charge in [-0.15, -0.1) is 0 Å². The normalized spacial score (nSPS) is 16.6. The van der Waals surface area contributed by atoms with Crippen LogP contribution in [0.25, 0.3) is 10.8 Å². The molecule has 4 nitrogen and oxygen atoms in total. The van der Waals surface area contributed by atoms with Crippen LogP contribution in [-0.4, -0.2) is 83.0 Å². The van der Waals surface area contributed by atoms with E-state index in [4.69, 9.17) is 0 Å². The first-order valence-electron chi connectivity index (χ1n) is 12.2. The molecule has 1 heterocycles. The Morgan fingerprint density at radius 2 is 1.02 bits per heavy atom. The molecule has 0 unspecified atom stereocenters. The third-order valence-electron chi connectivity index (χ3n) is 6.55. The molecule has 1 aliphatic rings. The molecule has 47 heavy (non-hydrogen) atoms. The molecule has 23 heteroatoms. The number of hydrogen-bond acceptors (Lipinski definition) is 4. The van der Waals surface area contributed by atoms with E-state index in [1.165, 1.54) is 24.3 Å². The highest BCUT2D eigenvalue weighted by Gasteiger charge is 2.95. The number of rotatable bonds is 10. The zero-order chi connectivity index (χ0) is 36.9. The lowest BCUT2D eigenvalue weighted by molar-refractivity contribution is -0.458. The second-order valence-electron chi connectivity index (χ2n) is 9.74. The van der Waals surface area contributed by atoms with Crippen LogP contribution in [0, 0.1) is 0 Å². The van der Waals surface area contributed by atoms with Crippen LogP contribution in [0.15, 0.2) is 42.5 Å². The van der Waals surface area contributed by atoms with E-state index in [1.807, 2.05) is 24.3 Å². The summed E-state index contributed by atoms with van der Waals surface area (Å²) >= 11 is 0. The lowest BCUT2D eigenvalue weighted by Crippen LogP contribution is -2.75. The van der Waals surface area contributed by atoms with Gasteiger partial charge in [-0.05, 0) is 34.5 Å². The van der Waals surface area contributed by atoms with E-state index >= 15 is 0 Å². The fourth-order valence-corrected chi connectivity index (χ4v) is 6.58. The number of fused-ring (bicyclic) bond motifs is 1. The van der Waals surface area contributed by atoms with Gasteiger partial charge in [-0.2, -0.15) is 74.6 Å². The highest BCUT2D eigenvalue weighted by molar-refractivity contribution is 7.97. The molecule has 0 bridgehead atoms. The first-order chi connectivity index (χ1) is 20.8. The summed E-state index contributed by atoms with van der Waals surface area (Å²) in [6.07, 6.45) is -5.27. The van der Waals surface area contributed by atoms with E-state index in [0.717, 1.165) is 22.1 Å². The lowest BCUT2D eigenvalue weighted by Gasteiger charge is -2.42. The predicted molar refractivity (Wildman–Crippen MR) is 130 cm³/mol. The van der Waals surface area contributed by atoms with Crippen molar-refractivity contribution in [2.75, 3.05) is 17.3 Å². The van der Waals surface area contributed by atoms with Crippen LogP contribution in [0.2, 0.25) is 0 Å². The van der Waals surface area contributed by atoms with Gasteiger partial charge in [0.15, 0.2) is 15.9 Å². The lowest BCUT2D eigenvalue weighted by atomic mass is 9.91. The van der Waals surface area contributed by atoms with Crippen LogP contribution in [0.4, 0.5) is 74.6 Å². The first-order valence-corrected chi connectivity index (χ1v) is 15.3. The summed E-state index contributed by atoms with van der Waals surface area (Å²) in [7, 11) is -7.79. The monoisotopic (exact) mass is 756 g/mol. The molecule has 2 aromatic carbocycles. The zero-order valence-electron chi connectivity index (χ0n) is 22.5. The summed E-state index contributed by atoms with van der Waals surface area (Å²) in [5.74, 6) is -48.5. The van der Waals surface area contributed by atoms with E-state index in [2.05, 4.69) is 18.2 Å². The summed E-state index contributed by atoms with van der Waals surface area (Å²) in [5, 5.41) is -5.68. The van der Waals surface area contributed by atoms with Crippen molar-refractivity contribution in [1.82, 2.24) is 0 Å². The maximum atomic E-state index is 13.0. The third-order valence-corrected chi connectivity index (χ3v) is 9.84. The number of benzene rings is 2. The number of carbonyl (C=O) groups excluding carboxylic acids is 1. The fourth-order valence-electron chi connectivity index (χ4n) is 3.90. The topological polar surface area (TPSA) is 74.3 Å². The maximum Gasteiger partial charge on any atom is 0.460 e. The number of halogens is 17. The summed E-state index contributed by atoms with van der Waals surface area (Å²) < 4.78 is 244. The largest absolute Gasteiger partial charge is 0.743 e. The minimum Gasteiger partial charge on any atom is -0.743 e. The zero-order valence-corrected chi connectivity index (χ0v) is 24.1. The summed E-state index contributed by atoms with van der Waals surface area (Å²) in [4.78, 5) is 12.4. The maximum absolute atomic E-state index is 13.0. The van der Waals surface area contributed by atoms with Gasteiger partial charge in [0.1, 0.15) is 11.5 Å². The number of Topliss-reactive ketones (excluding diaryl/α,β-unsaturated/α-hetero) is 1. The van der Waals surface area contributed by atoms with Crippen molar-refractivity contribution in [3.05, 3.63) is 48.0 Å². The molecule has 0 radical (unpaired) electrons. The minimum absolute atomic E-state index is 0.331. The van der Waals surface area contributed by atoms with Crippen molar-refractivity contribution < 1.29 is 92.4 Å². The summed E-state index contributed by atoms with van der Waals surface area (Å²) in [6.45, 7) is 0. The smallest absolute Gasteiger partial charge is 0.460 e. The van der Waals surface area contributed by atoms with Crippen LogP contribution < -0.4 is 0 Å². The molecule has 0 saturated carbocycles. The molecule has 1 aliphatic heterocycles. The SMILES string of the molecule is O=C(C[S+]1CCCC1)c1cccc2ccccc12.O=S(=O)([O-])C(F)(F)C(F)(F)C(F)(F)C(F)(F)C(F)(F)C(F)(F)C(F)(F)C(F)(F)F. The van der Waals surface area contributed by atoms with Gasteiger partial charge < -0.3 is 4.55 Å². The Kier molecular flexibility index (Phi) is 11.0. The van der Waals surface area contributed by atoms with Crippen molar-refractivity contribution in [1.29, 1.82) is 0 Å². The van der Waals surface area contributed by atoms with E-state index in [1.54, 1.807) is 0 Å². The van der Waals surface area contributed by atoms with Gasteiger partial charge in [-0.25, -0.2) is 8.42 Å². The van der Waals surface area contributed by atoms with Gasteiger partial charge in [-0.1, -0.05) is 42.5 Å². The number of ketones is 1. The second-order valence-corrected chi connectivity index (χ2v) is 13.5. The predicted octanol–water partition coefficient (Wildman–Crippen LogP) is 7.93. The van der Waals surface area contributed by atoms with Crippen molar-refractivity contribution in [2.24, 2.45) is 0 Å². The number of hydrogen-bond donors (Lipinski definition) is 0. The number of alkyl halides is 17. The van der Waals surface area contributed by atoms with E-state index in [0.29, 0.717) is 16.7 Å². The summed E-state index contributed by atoms with van der Waals surface area (Å²) in [6, 6.07) is 14.2. The molecule has 1 saturated heterocycles. The molecule has 268 valence electrons. The molecule has 0 spiro atoms. The van der Waals surface area contributed by atoms with Gasteiger partial charge in [0.05, 0.1) is 0 Å². The van der Waals surface area contributed by atoms with Crippen molar-refractivity contribution in [3.63, 3.8) is 0 Å². The van der Waals surface area contributed by atoms with Gasteiger partial charge in [0.2, 0.25) is 5.78 Å².